The summed E-state index contributed by atoms with van der Waals surface area (Å²) in [4.78, 5) is 25.4. The number of nitrogens with one attached hydrogen (secondary N) is 1. The van der Waals surface area contributed by atoms with Crippen LogP contribution in [0.1, 0.15) is 46.9 Å². The van der Waals surface area contributed by atoms with Crippen LogP contribution in [-0.2, 0) is 10.0 Å². The van der Waals surface area contributed by atoms with E-state index in [1.54, 1.807) is 6.92 Å². The number of benzene rings is 1. The molecule has 8 heteroatoms. The normalized spacial score (nSPS) is 18.9. The second-order valence-corrected chi connectivity index (χ2v) is 8.46. The van der Waals surface area contributed by atoms with Crippen LogP contribution in [0.3, 0.4) is 0 Å². The molecule has 0 spiro atoms. The molecule has 1 aliphatic carbocycles. The number of rotatable bonds is 5. The molecule has 1 amide bonds. The number of carboxylic acids is 1. The van der Waals surface area contributed by atoms with E-state index in [4.69, 9.17) is 5.11 Å². The van der Waals surface area contributed by atoms with Gasteiger partial charge in [0.15, 0.2) is 0 Å². The topological polar surface area (TPSA) is 104 Å². The van der Waals surface area contributed by atoms with E-state index < -0.39 is 26.6 Å². The van der Waals surface area contributed by atoms with Gasteiger partial charge in [-0.25, -0.2) is 17.9 Å². The molecule has 2 fully saturated rings. The molecular weight excluding hydrogens is 320 g/mol. The molecule has 1 heterocycles. The predicted molar refractivity (Wildman–Crippen MR) is 84.3 cm³/mol. The third-order valence-electron chi connectivity index (χ3n) is 4.52. The molecule has 7 nitrogen and oxygen atoms in total. The van der Waals surface area contributed by atoms with Crippen LogP contribution in [0.5, 0.6) is 0 Å². The number of nitrogens with zero attached hydrogens (tertiary/aromatic N) is 1. The van der Waals surface area contributed by atoms with Gasteiger partial charge >= 0.3 is 5.97 Å². The zero-order valence-corrected chi connectivity index (χ0v) is 13.5. The van der Waals surface area contributed by atoms with E-state index in [9.17, 15) is 18.0 Å². The van der Waals surface area contributed by atoms with Gasteiger partial charge in [-0.2, -0.15) is 0 Å². The molecule has 0 atom stereocenters. The van der Waals surface area contributed by atoms with Crippen molar-refractivity contribution in [3.05, 3.63) is 29.3 Å². The van der Waals surface area contributed by atoms with E-state index >= 15 is 0 Å². The summed E-state index contributed by atoms with van der Waals surface area (Å²) in [5.74, 6) is -1.80. The van der Waals surface area contributed by atoms with E-state index in [1.807, 2.05) is 4.90 Å². The van der Waals surface area contributed by atoms with Crippen LogP contribution >= 0.6 is 0 Å². The maximum Gasteiger partial charge on any atom is 0.335 e. The van der Waals surface area contributed by atoms with Crippen molar-refractivity contribution in [2.45, 2.75) is 30.9 Å². The highest BCUT2D eigenvalue weighted by molar-refractivity contribution is 7.91. The number of hydrogen-bond acceptors (Lipinski definition) is 5. The minimum Gasteiger partial charge on any atom is -0.478 e. The lowest BCUT2D eigenvalue weighted by Gasteiger charge is -2.34. The second kappa shape index (κ2) is 5.23. The van der Waals surface area contributed by atoms with Gasteiger partial charge in [-0.1, -0.05) is 0 Å². The number of carbonyl (C=O) groups is 2. The monoisotopic (exact) mass is 338 g/mol. The molecule has 0 unspecified atom stereocenters. The Bertz CT molecular complexity index is 779. The number of sulfonamides is 1. The molecule has 1 saturated heterocycles. The highest BCUT2D eigenvalue weighted by Crippen LogP contribution is 2.42. The Balaban J connectivity index is 1.92. The van der Waals surface area contributed by atoms with Crippen LogP contribution in [-0.4, -0.2) is 43.2 Å². The summed E-state index contributed by atoms with van der Waals surface area (Å²) >= 11 is 0. The van der Waals surface area contributed by atoms with E-state index in [1.165, 1.54) is 18.2 Å². The lowest BCUT2D eigenvalue weighted by atomic mass is 10.0. The van der Waals surface area contributed by atoms with Crippen molar-refractivity contribution < 1.29 is 23.1 Å². The molecule has 23 heavy (non-hydrogen) atoms. The first kappa shape index (κ1) is 15.8. The first-order valence-corrected chi connectivity index (χ1v) is 8.91. The van der Waals surface area contributed by atoms with Gasteiger partial charge in [0.25, 0.3) is 5.91 Å². The van der Waals surface area contributed by atoms with Crippen LogP contribution in [0.4, 0.5) is 5.69 Å². The molecule has 1 aromatic carbocycles. The predicted octanol–water partition coefficient (Wildman–Crippen LogP) is 1.21. The fraction of sp³-hybridized carbons (Fsp3) is 0.467. The number of carboxylic acid groups (broad SMARTS) is 1. The third kappa shape index (κ3) is 2.78. The molecule has 3 rings (SSSR count). The van der Waals surface area contributed by atoms with Crippen molar-refractivity contribution in [1.29, 1.82) is 0 Å². The summed E-state index contributed by atoms with van der Waals surface area (Å²) < 4.78 is 25.6. The molecule has 1 aliphatic heterocycles. The summed E-state index contributed by atoms with van der Waals surface area (Å²) in [6.45, 7) is 3.04. The van der Waals surface area contributed by atoms with Gasteiger partial charge in [0.2, 0.25) is 10.0 Å². The minimum atomic E-state index is -3.73. The van der Waals surface area contributed by atoms with Crippen LogP contribution < -0.4 is 9.62 Å². The zero-order chi connectivity index (χ0) is 16.8. The summed E-state index contributed by atoms with van der Waals surface area (Å²) in [6.07, 6.45) is 2.02. The minimum absolute atomic E-state index is 0.0699. The fourth-order valence-corrected chi connectivity index (χ4v) is 3.66. The van der Waals surface area contributed by atoms with E-state index in [2.05, 4.69) is 4.72 Å². The first-order chi connectivity index (χ1) is 10.7. The number of anilines is 1. The maximum absolute atomic E-state index is 12.4. The number of amides is 1. The van der Waals surface area contributed by atoms with Gasteiger partial charge in [0.1, 0.15) is 0 Å². The highest BCUT2D eigenvalue weighted by atomic mass is 32.2. The molecule has 0 bridgehead atoms. The molecule has 0 radical (unpaired) electrons. The van der Waals surface area contributed by atoms with Gasteiger partial charge in [-0.15, -0.1) is 0 Å². The summed E-state index contributed by atoms with van der Waals surface area (Å²) in [5, 5.41) is 9.10. The largest absolute Gasteiger partial charge is 0.478 e. The van der Waals surface area contributed by atoms with Crippen molar-refractivity contribution >= 4 is 27.6 Å². The fourth-order valence-electron chi connectivity index (χ4n) is 2.42. The Labute approximate surface area is 134 Å². The van der Waals surface area contributed by atoms with Gasteiger partial charge in [-0.3, -0.25) is 4.79 Å². The standard InChI is InChI=1S/C15H18N2O5S/c1-15(5-6-15)23(21,22)16-13(18)11-4-3-10(14(19)20)9-12(11)17-7-2-8-17/h3-4,9H,2,5-8H2,1H3,(H,16,18)(H,19,20). The van der Waals surface area contributed by atoms with Gasteiger partial charge in [-0.05, 0) is 44.4 Å². The summed E-state index contributed by atoms with van der Waals surface area (Å²) in [5.41, 5.74) is 0.716. The van der Waals surface area contributed by atoms with Gasteiger partial charge < -0.3 is 10.0 Å². The lowest BCUT2D eigenvalue weighted by Crippen LogP contribution is -2.41. The number of aromatic carboxylic acids is 1. The van der Waals surface area contributed by atoms with Crippen LogP contribution in [0.15, 0.2) is 18.2 Å². The second-order valence-electron chi connectivity index (χ2n) is 6.26. The molecule has 2 aliphatic rings. The average molecular weight is 338 g/mol. The van der Waals surface area contributed by atoms with Gasteiger partial charge in [0.05, 0.1) is 21.6 Å². The molecule has 1 saturated carbocycles. The Kier molecular flexibility index (Phi) is 3.59. The average Bonchev–Trinajstić information content (AvgIpc) is 3.16. The number of hydrogen-bond donors (Lipinski definition) is 2. The Morgan fingerprint density at radius 2 is 1.91 bits per heavy atom. The van der Waals surface area contributed by atoms with Crippen LogP contribution in [0, 0.1) is 0 Å². The Morgan fingerprint density at radius 3 is 2.39 bits per heavy atom. The van der Waals surface area contributed by atoms with Crippen LogP contribution in [0.25, 0.3) is 0 Å². The van der Waals surface area contributed by atoms with Crippen molar-refractivity contribution in [1.82, 2.24) is 4.72 Å². The van der Waals surface area contributed by atoms with E-state index in [0.717, 1.165) is 6.42 Å². The molecule has 2 N–H and O–H groups in total. The Morgan fingerprint density at radius 1 is 1.26 bits per heavy atom. The molecular formula is C15H18N2O5S. The molecule has 0 aromatic heterocycles. The summed E-state index contributed by atoms with van der Waals surface area (Å²) in [7, 11) is -3.73. The quantitative estimate of drug-likeness (QED) is 0.836. The van der Waals surface area contributed by atoms with Crippen LogP contribution in [0.2, 0.25) is 0 Å². The maximum atomic E-state index is 12.4. The Hall–Kier alpha value is -2.09. The first-order valence-electron chi connectivity index (χ1n) is 7.42. The smallest absolute Gasteiger partial charge is 0.335 e. The SMILES string of the molecule is CC1(S(=O)(=O)NC(=O)c2ccc(C(=O)O)cc2N2CCC2)CC1. The number of carbonyl (C=O) groups excluding carboxylic acids is 1. The van der Waals surface area contributed by atoms with Gasteiger partial charge in [0, 0.05) is 13.1 Å². The van der Waals surface area contributed by atoms with Crippen molar-refractivity contribution in [2.24, 2.45) is 0 Å². The van der Waals surface area contributed by atoms with E-state index in [-0.39, 0.29) is 11.1 Å². The highest BCUT2D eigenvalue weighted by Gasteiger charge is 2.51. The van der Waals surface area contributed by atoms with E-state index in [0.29, 0.717) is 31.6 Å². The molecule has 124 valence electrons. The van der Waals surface area contributed by atoms with Crippen molar-refractivity contribution in [3.8, 4) is 0 Å². The lowest BCUT2D eigenvalue weighted by molar-refractivity contribution is 0.0696. The zero-order valence-electron chi connectivity index (χ0n) is 12.7. The molecule has 1 aromatic rings. The third-order valence-corrected chi connectivity index (χ3v) is 6.68. The van der Waals surface area contributed by atoms with Crippen molar-refractivity contribution in [2.75, 3.05) is 18.0 Å². The van der Waals surface area contributed by atoms with Crippen molar-refractivity contribution in [3.63, 3.8) is 0 Å². The summed E-state index contributed by atoms with van der Waals surface area (Å²) in [6, 6.07) is 4.10.